The van der Waals surface area contributed by atoms with Crippen LogP contribution in [-0.4, -0.2) is 13.4 Å². The molecule has 0 saturated carbocycles. The Morgan fingerprint density at radius 1 is 1.25 bits per heavy atom. The monoisotopic (exact) mass is 292 g/mol. The van der Waals surface area contributed by atoms with E-state index in [2.05, 4.69) is 10.3 Å². The number of nitrogen functional groups attached to an aromatic ring is 1. The van der Waals surface area contributed by atoms with Crippen molar-refractivity contribution in [2.45, 2.75) is 17.9 Å². The summed E-state index contributed by atoms with van der Waals surface area (Å²) in [6, 6.07) is 9.92. The Balaban J connectivity index is 2.23. The predicted molar refractivity (Wildman–Crippen MR) is 78.5 cm³/mol. The lowest BCUT2D eigenvalue weighted by molar-refractivity contribution is 0.598. The molecule has 0 aliphatic carbocycles. The van der Waals surface area contributed by atoms with Gasteiger partial charge in [-0.25, -0.2) is 13.6 Å². The van der Waals surface area contributed by atoms with Crippen LogP contribution in [0.3, 0.4) is 0 Å². The summed E-state index contributed by atoms with van der Waals surface area (Å²) in [7, 11) is -3.74. The third kappa shape index (κ3) is 3.25. The summed E-state index contributed by atoms with van der Waals surface area (Å²) in [6.07, 6.45) is 1.71. The molecule has 5 N–H and O–H groups in total. The van der Waals surface area contributed by atoms with Gasteiger partial charge in [0.25, 0.3) is 0 Å². The molecule has 0 amide bonds. The fourth-order valence-electron chi connectivity index (χ4n) is 1.79. The summed E-state index contributed by atoms with van der Waals surface area (Å²) >= 11 is 0. The lowest BCUT2D eigenvalue weighted by atomic mass is 10.2. The molecule has 1 heterocycles. The van der Waals surface area contributed by atoms with Crippen molar-refractivity contribution in [2.75, 3.05) is 11.1 Å². The highest BCUT2D eigenvalue weighted by Crippen LogP contribution is 2.25. The molecule has 1 unspecified atom stereocenters. The molecule has 0 aliphatic heterocycles. The smallest absolute Gasteiger partial charge is 0.238 e. The molecule has 0 radical (unpaired) electrons. The number of rotatable bonds is 4. The van der Waals surface area contributed by atoms with Gasteiger partial charge in [-0.05, 0) is 37.3 Å². The Hall–Kier alpha value is -2.12. The zero-order chi connectivity index (χ0) is 14.8. The number of benzene rings is 1. The van der Waals surface area contributed by atoms with Crippen molar-refractivity contribution in [2.24, 2.45) is 5.14 Å². The van der Waals surface area contributed by atoms with Gasteiger partial charge >= 0.3 is 0 Å². The second-order valence-electron chi connectivity index (χ2n) is 4.41. The molecule has 0 saturated heterocycles. The summed E-state index contributed by atoms with van der Waals surface area (Å²) in [5, 5.41) is 8.24. The number of nitrogens with one attached hydrogen (secondary N) is 1. The van der Waals surface area contributed by atoms with Crippen molar-refractivity contribution >= 4 is 21.4 Å². The van der Waals surface area contributed by atoms with Gasteiger partial charge in [0.15, 0.2) is 0 Å². The highest BCUT2D eigenvalue weighted by atomic mass is 32.2. The van der Waals surface area contributed by atoms with E-state index in [1.165, 1.54) is 12.1 Å². The summed E-state index contributed by atoms with van der Waals surface area (Å²) in [5.74, 6) is 0. The summed E-state index contributed by atoms with van der Waals surface area (Å²) in [4.78, 5) is 4.23. The zero-order valence-corrected chi connectivity index (χ0v) is 11.8. The molecule has 7 heteroatoms. The summed E-state index contributed by atoms with van der Waals surface area (Å²) in [6.45, 7) is 1.94. The van der Waals surface area contributed by atoms with Crippen LogP contribution < -0.4 is 16.2 Å². The molecule has 20 heavy (non-hydrogen) atoms. The number of primary sulfonamides is 1. The second kappa shape index (κ2) is 5.48. The quantitative estimate of drug-likeness (QED) is 0.739. The van der Waals surface area contributed by atoms with Crippen molar-refractivity contribution in [3.8, 4) is 0 Å². The second-order valence-corrected chi connectivity index (χ2v) is 5.98. The number of aromatic nitrogens is 1. The molecule has 6 nitrogen and oxygen atoms in total. The Labute approximate surface area is 117 Å². The lowest BCUT2D eigenvalue weighted by Gasteiger charge is -2.16. The molecule has 1 aromatic heterocycles. The van der Waals surface area contributed by atoms with E-state index >= 15 is 0 Å². The third-order valence-electron chi connectivity index (χ3n) is 2.85. The van der Waals surface area contributed by atoms with Crippen LogP contribution >= 0.6 is 0 Å². The van der Waals surface area contributed by atoms with Crippen LogP contribution in [0.5, 0.6) is 0 Å². The standard InChI is InChI=1S/C13H16N4O2S/c1-9(12-4-2-3-7-16-12)17-13-6-5-10(8-11(13)14)20(15,18)19/h2-9,17H,14H2,1H3,(H2,15,18,19). The molecule has 0 aliphatic rings. The van der Waals surface area contributed by atoms with Crippen LogP contribution in [0, 0.1) is 0 Å². The summed E-state index contributed by atoms with van der Waals surface area (Å²) < 4.78 is 22.5. The van der Waals surface area contributed by atoms with Crippen LogP contribution in [-0.2, 0) is 10.0 Å². The number of sulfonamides is 1. The maximum absolute atomic E-state index is 11.2. The molecule has 106 valence electrons. The average Bonchev–Trinajstić information content (AvgIpc) is 2.41. The molecular formula is C13H16N4O2S. The van der Waals surface area contributed by atoms with E-state index in [0.29, 0.717) is 11.4 Å². The van der Waals surface area contributed by atoms with Gasteiger partial charge in [0, 0.05) is 6.20 Å². The van der Waals surface area contributed by atoms with E-state index in [1.807, 2.05) is 25.1 Å². The maximum Gasteiger partial charge on any atom is 0.238 e. The molecular weight excluding hydrogens is 276 g/mol. The average molecular weight is 292 g/mol. The van der Waals surface area contributed by atoms with E-state index in [4.69, 9.17) is 10.9 Å². The normalized spacial score (nSPS) is 12.9. The lowest BCUT2D eigenvalue weighted by Crippen LogP contribution is -2.14. The topological polar surface area (TPSA) is 111 Å². The highest BCUT2D eigenvalue weighted by molar-refractivity contribution is 7.89. The number of hydrogen-bond donors (Lipinski definition) is 3. The minimum Gasteiger partial charge on any atom is -0.397 e. The molecule has 2 aromatic rings. The van der Waals surface area contributed by atoms with Crippen molar-refractivity contribution in [3.63, 3.8) is 0 Å². The fraction of sp³-hybridized carbons (Fsp3) is 0.154. The Morgan fingerprint density at radius 3 is 2.55 bits per heavy atom. The Morgan fingerprint density at radius 2 is 2.00 bits per heavy atom. The van der Waals surface area contributed by atoms with Gasteiger partial charge < -0.3 is 11.1 Å². The molecule has 2 rings (SSSR count). The van der Waals surface area contributed by atoms with E-state index in [-0.39, 0.29) is 10.9 Å². The Bertz CT molecular complexity index is 702. The minimum absolute atomic E-state index is 0.00830. The van der Waals surface area contributed by atoms with E-state index < -0.39 is 10.0 Å². The predicted octanol–water partition coefficient (Wildman–Crippen LogP) is 1.48. The maximum atomic E-state index is 11.2. The van der Waals surface area contributed by atoms with Crippen LogP contribution in [0.1, 0.15) is 18.7 Å². The zero-order valence-electron chi connectivity index (χ0n) is 10.9. The van der Waals surface area contributed by atoms with Gasteiger partial charge in [-0.2, -0.15) is 0 Å². The first kappa shape index (κ1) is 14.3. The number of pyridine rings is 1. The van der Waals surface area contributed by atoms with Crippen LogP contribution in [0.25, 0.3) is 0 Å². The first-order valence-electron chi connectivity index (χ1n) is 5.98. The van der Waals surface area contributed by atoms with Crippen LogP contribution in [0.4, 0.5) is 11.4 Å². The first-order chi connectivity index (χ1) is 9.38. The number of anilines is 2. The van der Waals surface area contributed by atoms with Crippen molar-refractivity contribution in [1.82, 2.24) is 4.98 Å². The number of nitrogens with two attached hydrogens (primary N) is 2. The Kier molecular flexibility index (Phi) is 3.91. The van der Waals surface area contributed by atoms with Crippen molar-refractivity contribution < 1.29 is 8.42 Å². The molecule has 1 atom stereocenters. The third-order valence-corrected chi connectivity index (χ3v) is 3.77. The highest BCUT2D eigenvalue weighted by Gasteiger charge is 2.12. The molecule has 1 aromatic carbocycles. The van der Waals surface area contributed by atoms with Gasteiger partial charge in [0.2, 0.25) is 10.0 Å². The van der Waals surface area contributed by atoms with Gasteiger partial charge in [-0.15, -0.1) is 0 Å². The SMILES string of the molecule is CC(Nc1ccc(S(N)(=O)=O)cc1N)c1ccccn1. The summed E-state index contributed by atoms with van der Waals surface area (Å²) in [5.41, 5.74) is 7.66. The van der Waals surface area contributed by atoms with Gasteiger partial charge in [0.05, 0.1) is 28.0 Å². The van der Waals surface area contributed by atoms with E-state index in [1.54, 1.807) is 12.3 Å². The molecule has 0 spiro atoms. The van der Waals surface area contributed by atoms with Crippen molar-refractivity contribution in [3.05, 3.63) is 48.3 Å². The van der Waals surface area contributed by atoms with E-state index in [9.17, 15) is 8.42 Å². The van der Waals surface area contributed by atoms with Crippen LogP contribution in [0.2, 0.25) is 0 Å². The molecule has 0 bridgehead atoms. The largest absolute Gasteiger partial charge is 0.397 e. The number of hydrogen-bond acceptors (Lipinski definition) is 5. The fourth-order valence-corrected chi connectivity index (χ4v) is 2.34. The number of nitrogens with zero attached hydrogens (tertiary/aromatic N) is 1. The van der Waals surface area contributed by atoms with Gasteiger partial charge in [-0.1, -0.05) is 6.07 Å². The van der Waals surface area contributed by atoms with Crippen molar-refractivity contribution in [1.29, 1.82) is 0 Å². The molecule has 0 fully saturated rings. The van der Waals surface area contributed by atoms with Crippen LogP contribution in [0.15, 0.2) is 47.5 Å². The first-order valence-corrected chi connectivity index (χ1v) is 7.52. The minimum atomic E-state index is -3.74. The van der Waals surface area contributed by atoms with Gasteiger partial charge in [0.1, 0.15) is 0 Å². The van der Waals surface area contributed by atoms with Gasteiger partial charge in [-0.3, -0.25) is 4.98 Å². The van der Waals surface area contributed by atoms with E-state index in [0.717, 1.165) is 5.69 Å².